The lowest BCUT2D eigenvalue weighted by molar-refractivity contribution is -0.159. The number of likely N-dealkylation sites (N-methyl/N-ethyl adjacent to an activating group) is 1. The quantitative estimate of drug-likeness (QED) is 0.669. The summed E-state index contributed by atoms with van der Waals surface area (Å²) in [5.41, 5.74) is 0. The third-order valence-corrected chi connectivity index (χ3v) is 3.44. The van der Waals surface area contributed by atoms with Gasteiger partial charge >= 0.3 is 6.03 Å². The lowest BCUT2D eigenvalue weighted by Gasteiger charge is -2.42. The number of fused-ring (bicyclic) bond motifs is 1. The topological polar surface area (TPSA) is 81.8 Å². The highest BCUT2D eigenvalue weighted by Gasteiger charge is 2.42. The second kappa shape index (κ2) is 4.93. The maximum Gasteiger partial charge on any atom is 0.336 e. The van der Waals surface area contributed by atoms with Crippen LogP contribution in [0.2, 0.25) is 0 Å². The van der Waals surface area contributed by atoms with Crippen LogP contribution in [0.15, 0.2) is 0 Å². The number of carbonyl (C=O) groups excluding carboxylic acids is 3. The van der Waals surface area contributed by atoms with E-state index in [0.717, 1.165) is 6.42 Å². The van der Waals surface area contributed by atoms with Gasteiger partial charge < -0.3 is 10.6 Å². The summed E-state index contributed by atoms with van der Waals surface area (Å²) in [4.78, 5) is 35.9. The minimum Gasteiger partial charge on any atom is -0.334 e. The van der Waals surface area contributed by atoms with Gasteiger partial charge in [0.2, 0.25) is 0 Å². The molecule has 0 aromatic rings. The first-order valence-electron chi connectivity index (χ1n) is 6.12. The molecule has 2 saturated heterocycles. The van der Waals surface area contributed by atoms with Crippen LogP contribution in [0.4, 0.5) is 4.79 Å². The molecule has 2 heterocycles. The van der Waals surface area contributed by atoms with E-state index in [1.54, 1.807) is 7.05 Å². The van der Waals surface area contributed by atoms with Gasteiger partial charge in [-0.25, -0.2) is 14.8 Å². The van der Waals surface area contributed by atoms with E-state index >= 15 is 0 Å². The molecule has 0 saturated carbocycles. The molecule has 0 aliphatic carbocycles. The van der Waals surface area contributed by atoms with Crippen molar-refractivity contribution >= 4 is 17.7 Å². The van der Waals surface area contributed by atoms with Crippen molar-refractivity contribution in [3.8, 4) is 0 Å². The number of hydrogen-bond acceptors (Lipinski definition) is 4. The van der Waals surface area contributed by atoms with E-state index < -0.39 is 12.1 Å². The number of hydrazine groups is 1. The molecule has 100 valence electrons. The van der Waals surface area contributed by atoms with Crippen molar-refractivity contribution in [2.45, 2.75) is 31.8 Å². The Bertz CT molecular complexity index is 384. The number of ketones is 1. The molecule has 2 aliphatic heterocycles. The minimum absolute atomic E-state index is 0.0856. The molecule has 7 heteroatoms. The summed E-state index contributed by atoms with van der Waals surface area (Å²) in [6.45, 7) is 2.17. The fourth-order valence-corrected chi connectivity index (χ4v) is 2.43. The monoisotopic (exact) mass is 254 g/mol. The van der Waals surface area contributed by atoms with E-state index in [-0.39, 0.29) is 24.3 Å². The fourth-order valence-electron chi connectivity index (χ4n) is 2.43. The van der Waals surface area contributed by atoms with E-state index in [0.29, 0.717) is 13.0 Å². The van der Waals surface area contributed by atoms with Crippen LogP contribution in [0.25, 0.3) is 0 Å². The van der Waals surface area contributed by atoms with Crippen molar-refractivity contribution in [3.05, 3.63) is 0 Å². The lowest BCUT2D eigenvalue weighted by Crippen LogP contribution is -2.61. The molecule has 0 aromatic heterocycles. The van der Waals surface area contributed by atoms with Gasteiger partial charge in [-0.2, -0.15) is 0 Å². The molecular formula is C11H18N4O3. The van der Waals surface area contributed by atoms with Gasteiger partial charge in [0.05, 0.1) is 0 Å². The third kappa shape index (κ3) is 2.05. The number of nitrogens with one attached hydrogen (secondary N) is 2. The van der Waals surface area contributed by atoms with Crippen LogP contribution in [-0.2, 0) is 9.59 Å². The largest absolute Gasteiger partial charge is 0.336 e. The number of urea groups is 1. The molecule has 2 rings (SSSR count). The Kier molecular flexibility index (Phi) is 3.51. The molecule has 2 unspecified atom stereocenters. The highest BCUT2D eigenvalue weighted by Crippen LogP contribution is 2.21. The standard InChI is InChI=1S/C11H18N4O3/c1-7(16)9-4-3-5-14-11(18)13-6-8(12-2)10(17)15(9)14/h8-9,12H,3-6H2,1-2H3,(H,13,18). The molecular weight excluding hydrogens is 236 g/mol. The smallest absolute Gasteiger partial charge is 0.334 e. The molecule has 2 atom stereocenters. The van der Waals surface area contributed by atoms with Crippen molar-refractivity contribution in [1.82, 2.24) is 20.7 Å². The summed E-state index contributed by atoms with van der Waals surface area (Å²) in [6.07, 6.45) is 1.34. The van der Waals surface area contributed by atoms with Crippen molar-refractivity contribution in [3.63, 3.8) is 0 Å². The van der Waals surface area contributed by atoms with Gasteiger partial charge in [-0.3, -0.25) is 9.59 Å². The van der Waals surface area contributed by atoms with Gasteiger partial charge in [-0.05, 0) is 26.8 Å². The number of hydrogen-bond donors (Lipinski definition) is 2. The number of nitrogens with zero attached hydrogens (tertiary/aromatic N) is 2. The molecule has 0 bridgehead atoms. The lowest BCUT2D eigenvalue weighted by atomic mass is 10.0. The predicted molar refractivity (Wildman–Crippen MR) is 63.5 cm³/mol. The zero-order valence-corrected chi connectivity index (χ0v) is 10.6. The van der Waals surface area contributed by atoms with E-state index in [2.05, 4.69) is 10.6 Å². The molecule has 0 aromatic carbocycles. The van der Waals surface area contributed by atoms with Crippen molar-refractivity contribution in [2.75, 3.05) is 20.1 Å². The van der Waals surface area contributed by atoms with Crippen LogP contribution in [0, 0.1) is 0 Å². The number of carbonyl (C=O) groups is 3. The second-order valence-corrected chi connectivity index (χ2v) is 4.60. The summed E-state index contributed by atoms with van der Waals surface area (Å²) in [5, 5.41) is 8.23. The van der Waals surface area contributed by atoms with Crippen LogP contribution in [0.5, 0.6) is 0 Å². The van der Waals surface area contributed by atoms with Gasteiger partial charge in [-0.15, -0.1) is 0 Å². The molecule has 0 spiro atoms. The van der Waals surface area contributed by atoms with Crippen LogP contribution in [-0.4, -0.2) is 60.0 Å². The van der Waals surface area contributed by atoms with Gasteiger partial charge in [0.1, 0.15) is 12.1 Å². The minimum atomic E-state index is -0.522. The SMILES string of the molecule is CNC1CNC(=O)N2CCCC(C(C)=O)N2C1=O. The van der Waals surface area contributed by atoms with Crippen LogP contribution >= 0.6 is 0 Å². The Morgan fingerprint density at radius 1 is 1.44 bits per heavy atom. The molecule has 2 fully saturated rings. The first-order valence-corrected chi connectivity index (χ1v) is 6.12. The van der Waals surface area contributed by atoms with Crippen molar-refractivity contribution in [2.24, 2.45) is 0 Å². The average Bonchev–Trinajstić information content (AvgIpc) is 2.48. The Labute approximate surface area is 105 Å². The van der Waals surface area contributed by atoms with Crippen molar-refractivity contribution in [1.29, 1.82) is 0 Å². The third-order valence-electron chi connectivity index (χ3n) is 3.44. The number of Topliss-reactive ketones (excluding diaryl/α,β-unsaturated/α-hetero) is 1. The molecule has 2 aliphatic rings. The van der Waals surface area contributed by atoms with Crippen LogP contribution in [0.3, 0.4) is 0 Å². The van der Waals surface area contributed by atoms with E-state index in [4.69, 9.17) is 0 Å². The summed E-state index contributed by atoms with van der Waals surface area (Å²) in [6, 6.07) is -1.32. The molecule has 3 amide bonds. The maximum atomic E-state index is 12.3. The zero-order valence-electron chi connectivity index (χ0n) is 10.6. The fraction of sp³-hybridized carbons (Fsp3) is 0.727. The maximum absolute atomic E-state index is 12.3. The molecule has 2 N–H and O–H groups in total. The first kappa shape index (κ1) is 12.8. The Morgan fingerprint density at radius 3 is 2.78 bits per heavy atom. The summed E-state index contributed by atoms with van der Waals surface area (Å²) < 4.78 is 0. The van der Waals surface area contributed by atoms with Crippen molar-refractivity contribution < 1.29 is 14.4 Å². The summed E-state index contributed by atoms with van der Waals surface area (Å²) >= 11 is 0. The van der Waals surface area contributed by atoms with E-state index in [1.807, 2.05) is 0 Å². The van der Waals surface area contributed by atoms with Gasteiger partial charge in [0, 0.05) is 13.1 Å². The summed E-state index contributed by atoms with van der Waals surface area (Å²) in [5.74, 6) is -0.312. The highest BCUT2D eigenvalue weighted by atomic mass is 16.2. The first-order chi connectivity index (χ1) is 8.56. The number of rotatable bonds is 2. The van der Waals surface area contributed by atoms with Gasteiger partial charge in [-0.1, -0.05) is 0 Å². The van der Waals surface area contributed by atoms with Gasteiger partial charge in [0.15, 0.2) is 5.78 Å². The normalized spacial score (nSPS) is 28.6. The predicted octanol–water partition coefficient (Wildman–Crippen LogP) is -0.905. The molecule has 7 nitrogen and oxygen atoms in total. The van der Waals surface area contributed by atoms with Crippen LogP contribution in [0.1, 0.15) is 19.8 Å². The molecule has 0 radical (unpaired) electrons. The van der Waals surface area contributed by atoms with E-state index in [1.165, 1.54) is 16.9 Å². The highest BCUT2D eigenvalue weighted by molar-refractivity contribution is 5.93. The zero-order chi connectivity index (χ0) is 13.3. The second-order valence-electron chi connectivity index (χ2n) is 4.60. The van der Waals surface area contributed by atoms with E-state index in [9.17, 15) is 14.4 Å². The summed E-state index contributed by atoms with van der Waals surface area (Å²) in [7, 11) is 1.66. The Hall–Kier alpha value is -1.63. The average molecular weight is 254 g/mol. The van der Waals surface area contributed by atoms with Gasteiger partial charge in [0.25, 0.3) is 5.91 Å². The Balaban J connectivity index is 2.34. The molecule has 18 heavy (non-hydrogen) atoms. The van der Waals surface area contributed by atoms with Crippen LogP contribution < -0.4 is 10.6 Å². The number of amides is 3. The Morgan fingerprint density at radius 2 is 2.17 bits per heavy atom.